The summed E-state index contributed by atoms with van der Waals surface area (Å²) < 4.78 is 0. The summed E-state index contributed by atoms with van der Waals surface area (Å²) in [5, 5.41) is 13.8. The van der Waals surface area contributed by atoms with Crippen LogP contribution in [0.5, 0.6) is 0 Å². The van der Waals surface area contributed by atoms with Gasteiger partial charge in [-0.3, -0.25) is 4.79 Å². The average Bonchev–Trinajstić information content (AvgIpc) is 3.02. The van der Waals surface area contributed by atoms with Crippen LogP contribution in [0, 0.1) is 6.92 Å². The van der Waals surface area contributed by atoms with Crippen LogP contribution >= 0.6 is 0 Å². The van der Waals surface area contributed by atoms with Crippen LogP contribution in [0.1, 0.15) is 24.8 Å². The Morgan fingerprint density at radius 3 is 3.06 bits per heavy atom. The first-order valence-corrected chi connectivity index (χ1v) is 5.56. The van der Waals surface area contributed by atoms with Crippen LogP contribution in [0.25, 0.3) is 0 Å². The summed E-state index contributed by atoms with van der Waals surface area (Å²) in [4.78, 5) is 11.4. The lowest BCUT2D eigenvalue weighted by Gasteiger charge is -2.05. The molecule has 0 bridgehead atoms. The SMILES string of the molecule is Cc1cnnc(NCCC(=O)NC2CC2)c1. The fourth-order valence-corrected chi connectivity index (χ4v) is 1.38. The maximum absolute atomic E-state index is 11.4. The fourth-order valence-electron chi connectivity index (χ4n) is 1.38. The highest BCUT2D eigenvalue weighted by atomic mass is 16.1. The van der Waals surface area contributed by atoms with E-state index in [1.807, 2.05) is 13.0 Å². The molecule has 0 spiro atoms. The first-order chi connectivity index (χ1) is 7.74. The number of hydrogen-bond donors (Lipinski definition) is 2. The Labute approximate surface area is 94.6 Å². The maximum atomic E-state index is 11.4. The van der Waals surface area contributed by atoms with Crippen LogP contribution in [-0.2, 0) is 4.79 Å². The molecule has 1 aliphatic carbocycles. The molecule has 1 aromatic rings. The van der Waals surface area contributed by atoms with Gasteiger partial charge in [-0.2, -0.15) is 5.10 Å². The van der Waals surface area contributed by atoms with E-state index in [9.17, 15) is 4.79 Å². The summed E-state index contributed by atoms with van der Waals surface area (Å²) in [6.07, 6.45) is 4.43. The van der Waals surface area contributed by atoms with Crippen molar-refractivity contribution in [2.45, 2.75) is 32.2 Å². The zero-order chi connectivity index (χ0) is 11.4. The van der Waals surface area contributed by atoms with Gasteiger partial charge in [0.1, 0.15) is 5.82 Å². The molecule has 0 saturated heterocycles. The molecule has 0 atom stereocenters. The smallest absolute Gasteiger partial charge is 0.221 e. The number of rotatable bonds is 5. The zero-order valence-electron chi connectivity index (χ0n) is 9.36. The van der Waals surface area contributed by atoms with E-state index in [0.29, 0.717) is 19.0 Å². The van der Waals surface area contributed by atoms with E-state index in [0.717, 1.165) is 24.2 Å². The van der Waals surface area contributed by atoms with Crippen molar-refractivity contribution < 1.29 is 4.79 Å². The Morgan fingerprint density at radius 2 is 2.38 bits per heavy atom. The van der Waals surface area contributed by atoms with Crippen molar-refractivity contribution in [3.63, 3.8) is 0 Å². The Morgan fingerprint density at radius 1 is 1.56 bits per heavy atom. The Kier molecular flexibility index (Phi) is 3.34. The van der Waals surface area contributed by atoms with Crippen LogP contribution in [-0.4, -0.2) is 28.7 Å². The van der Waals surface area contributed by atoms with Gasteiger partial charge in [-0.1, -0.05) is 0 Å². The molecule has 0 radical (unpaired) electrons. The van der Waals surface area contributed by atoms with Gasteiger partial charge in [0.25, 0.3) is 0 Å². The molecule has 1 aromatic heterocycles. The summed E-state index contributed by atoms with van der Waals surface area (Å²) in [5.41, 5.74) is 1.06. The van der Waals surface area contributed by atoms with E-state index >= 15 is 0 Å². The highest BCUT2D eigenvalue weighted by Gasteiger charge is 2.22. The second kappa shape index (κ2) is 4.92. The summed E-state index contributed by atoms with van der Waals surface area (Å²) in [5.74, 6) is 0.829. The third-order valence-corrected chi connectivity index (χ3v) is 2.39. The zero-order valence-corrected chi connectivity index (χ0v) is 9.36. The van der Waals surface area contributed by atoms with Gasteiger partial charge >= 0.3 is 0 Å². The molecule has 1 saturated carbocycles. The van der Waals surface area contributed by atoms with Gasteiger partial charge in [0.05, 0.1) is 6.20 Å². The van der Waals surface area contributed by atoms with Crippen molar-refractivity contribution in [3.8, 4) is 0 Å². The van der Waals surface area contributed by atoms with Gasteiger partial charge in [-0.15, -0.1) is 5.10 Å². The number of aromatic nitrogens is 2. The highest BCUT2D eigenvalue weighted by Crippen LogP contribution is 2.18. The number of nitrogens with one attached hydrogen (secondary N) is 2. The van der Waals surface area contributed by atoms with Gasteiger partial charge in [0, 0.05) is 19.0 Å². The monoisotopic (exact) mass is 220 g/mol. The lowest BCUT2D eigenvalue weighted by atomic mass is 10.3. The average molecular weight is 220 g/mol. The van der Waals surface area contributed by atoms with Crippen molar-refractivity contribution in [2.75, 3.05) is 11.9 Å². The standard InChI is InChI=1S/C11H16N4O/c1-8-6-10(15-13-7-8)12-5-4-11(16)14-9-2-3-9/h6-7,9H,2-5H2,1H3,(H,12,15)(H,14,16). The number of carbonyl (C=O) groups excluding carboxylic acids is 1. The molecule has 1 heterocycles. The van der Waals surface area contributed by atoms with Gasteiger partial charge in [0.2, 0.25) is 5.91 Å². The molecule has 1 amide bonds. The first kappa shape index (κ1) is 10.9. The number of anilines is 1. The van der Waals surface area contributed by atoms with Crippen LogP contribution in [0.3, 0.4) is 0 Å². The van der Waals surface area contributed by atoms with E-state index in [1.165, 1.54) is 0 Å². The predicted molar refractivity (Wildman–Crippen MR) is 61.0 cm³/mol. The Bertz CT molecular complexity index is 376. The second-order valence-corrected chi connectivity index (χ2v) is 4.14. The summed E-state index contributed by atoms with van der Waals surface area (Å²) >= 11 is 0. The van der Waals surface area contributed by atoms with Crippen molar-refractivity contribution in [3.05, 3.63) is 17.8 Å². The lowest BCUT2D eigenvalue weighted by molar-refractivity contribution is -0.120. The van der Waals surface area contributed by atoms with Gasteiger partial charge < -0.3 is 10.6 Å². The number of nitrogens with zero attached hydrogens (tertiary/aromatic N) is 2. The molecule has 86 valence electrons. The first-order valence-electron chi connectivity index (χ1n) is 5.56. The molecule has 0 aromatic carbocycles. The molecule has 1 aliphatic rings. The number of amides is 1. The van der Waals surface area contributed by atoms with Crippen molar-refractivity contribution in [1.29, 1.82) is 0 Å². The molecule has 0 unspecified atom stereocenters. The number of carbonyl (C=O) groups is 1. The minimum Gasteiger partial charge on any atom is -0.368 e. The van der Waals surface area contributed by atoms with Crippen LogP contribution in [0.2, 0.25) is 0 Å². The van der Waals surface area contributed by atoms with E-state index in [2.05, 4.69) is 20.8 Å². The molecule has 5 heteroatoms. The van der Waals surface area contributed by atoms with Crippen LogP contribution in [0.15, 0.2) is 12.3 Å². The summed E-state index contributed by atoms with van der Waals surface area (Å²) in [7, 11) is 0. The molecule has 5 nitrogen and oxygen atoms in total. The predicted octanol–water partition coefficient (Wildman–Crippen LogP) is 0.866. The van der Waals surface area contributed by atoms with Gasteiger partial charge in [-0.05, 0) is 31.4 Å². The van der Waals surface area contributed by atoms with Crippen LogP contribution in [0.4, 0.5) is 5.82 Å². The molecule has 1 fully saturated rings. The van der Waals surface area contributed by atoms with E-state index in [4.69, 9.17) is 0 Å². The van der Waals surface area contributed by atoms with Crippen molar-refractivity contribution in [2.24, 2.45) is 0 Å². The quantitative estimate of drug-likeness (QED) is 0.772. The van der Waals surface area contributed by atoms with Gasteiger partial charge in [0.15, 0.2) is 0 Å². The minimum atomic E-state index is 0.107. The lowest BCUT2D eigenvalue weighted by Crippen LogP contribution is -2.27. The van der Waals surface area contributed by atoms with Gasteiger partial charge in [-0.25, -0.2) is 0 Å². The van der Waals surface area contributed by atoms with E-state index in [-0.39, 0.29) is 5.91 Å². The minimum absolute atomic E-state index is 0.107. The molecular weight excluding hydrogens is 204 g/mol. The normalized spacial score (nSPS) is 14.6. The van der Waals surface area contributed by atoms with E-state index < -0.39 is 0 Å². The Balaban J connectivity index is 1.68. The molecular formula is C11H16N4O. The Hall–Kier alpha value is -1.65. The largest absolute Gasteiger partial charge is 0.368 e. The fraction of sp³-hybridized carbons (Fsp3) is 0.545. The van der Waals surface area contributed by atoms with Crippen molar-refractivity contribution in [1.82, 2.24) is 15.5 Å². The summed E-state index contributed by atoms with van der Waals surface area (Å²) in [6.45, 7) is 2.55. The van der Waals surface area contributed by atoms with Crippen LogP contribution < -0.4 is 10.6 Å². The number of hydrogen-bond acceptors (Lipinski definition) is 4. The molecule has 16 heavy (non-hydrogen) atoms. The molecule has 2 N–H and O–H groups in total. The van der Waals surface area contributed by atoms with Crippen molar-refractivity contribution >= 4 is 11.7 Å². The van der Waals surface area contributed by atoms with E-state index in [1.54, 1.807) is 6.20 Å². The highest BCUT2D eigenvalue weighted by molar-refractivity contribution is 5.77. The maximum Gasteiger partial charge on any atom is 0.221 e. The molecule has 0 aliphatic heterocycles. The topological polar surface area (TPSA) is 66.9 Å². The molecule has 2 rings (SSSR count). The summed E-state index contributed by atoms with van der Waals surface area (Å²) in [6, 6.07) is 2.34. The third-order valence-electron chi connectivity index (χ3n) is 2.39. The third kappa shape index (κ3) is 3.49. The number of aryl methyl sites for hydroxylation is 1. The second-order valence-electron chi connectivity index (χ2n) is 4.14.